The second-order valence-corrected chi connectivity index (χ2v) is 7.98. The molecule has 2 aliphatic rings. The first kappa shape index (κ1) is 14.9. The molecule has 3 aromatic carbocycles. The van der Waals surface area contributed by atoms with Gasteiger partial charge in [0.15, 0.2) is 0 Å². The number of carbonyl (C=O) groups is 1. The zero-order chi connectivity index (χ0) is 17.0. The first-order valence-electron chi connectivity index (χ1n) is 9.28. The normalized spacial score (nSPS) is 27.9. The first-order chi connectivity index (χ1) is 12.1. The van der Waals surface area contributed by atoms with Crippen LogP contribution in [0.5, 0.6) is 0 Å². The van der Waals surface area contributed by atoms with Crippen molar-refractivity contribution in [3.63, 3.8) is 0 Å². The summed E-state index contributed by atoms with van der Waals surface area (Å²) in [5, 5.41) is 4.15. The maximum Gasteiger partial charge on any atom is 0.339 e. The van der Waals surface area contributed by atoms with Crippen molar-refractivity contribution in [2.45, 2.75) is 38.2 Å². The predicted molar refractivity (Wildman–Crippen MR) is 101 cm³/mol. The molecule has 2 heteroatoms. The van der Waals surface area contributed by atoms with Crippen molar-refractivity contribution in [1.29, 1.82) is 0 Å². The molecule has 126 valence electrons. The van der Waals surface area contributed by atoms with Gasteiger partial charge in [-0.2, -0.15) is 0 Å². The second kappa shape index (κ2) is 5.32. The van der Waals surface area contributed by atoms with E-state index in [0.29, 0.717) is 5.92 Å². The second-order valence-electron chi connectivity index (χ2n) is 7.98. The molecule has 0 amide bonds. The lowest BCUT2D eigenvalue weighted by Gasteiger charge is -2.33. The minimum Gasteiger partial charge on any atom is -0.455 e. The maximum absolute atomic E-state index is 13.3. The van der Waals surface area contributed by atoms with E-state index in [1.807, 2.05) is 36.4 Å². The van der Waals surface area contributed by atoms with Gasteiger partial charge in [-0.15, -0.1) is 0 Å². The highest BCUT2D eigenvalue weighted by Crippen LogP contribution is 2.52. The van der Waals surface area contributed by atoms with Crippen molar-refractivity contribution < 1.29 is 9.53 Å². The quantitative estimate of drug-likeness (QED) is 0.443. The van der Waals surface area contributed by atoms with E-state index < -0.39 is 0 Å². The van der Waals surface area contributed by atoms with Gasteiger partial charge in [0.1, 0.15) is 5.60 Å². The number of fused-ring (bicyclic) bond motifs is 4. The third kappa shape index (κ3) is 2.27. The Morgan fingerprint density at radius 1 is 1.00 bits per heavy atom. The first-order valence-corrected chi connectivity index (χ1v) is 9.28. The molecule has 2 aliphatic carbocycles. The van der Waals surface area contributed by atoms with E-state index in [1.54, 1.807) is 0 Å². The Morgan fingerprint density at radius 2 is 1.64 bits per heavy atom. The summed E-state index contributed by atoms with van der Waals surface area (Å²) in [4.78, 5) is 13.3. The number of hydrogen-bond donors (Lipinski definition) is 0. The lowest BCUT2D eigenvalue weighted by Crippen LogP contribution is -2.37. The number of hydrogen-bond acceptors (Lipinski definition) is 2. The predicted octanol–water partition coefficient (Wildman–Crippen LogP) is 5.73. The molecular weight excluding hydrogens is 308 g/mol. The van der Waals surface area contributed by atoms with E-state index in [9.17, 15) is 4.79 Å². The Morgan fingerprint density at radius 3 is 2.20 bits per heavy atom. The molecule has 0 N–H and O–H groups in total. The number of carbonyl (C=O) groups excluding carboxylic acids is 1. The van der Waals surface area contributed by atoms with Crippen LogP contribution in [0.1, 0.15) is 43.0 Å². The Bertz CT molecular complexity index is 936. The number of rotatable bonds is 2. The Kier molecular flexibility index (Phi) is 3.18. The SMILES string of the molecule is CC1(OC(=O)c2c3ccccc3cc3ccccc23)CC2CCC1C2. The molecule has 2 saturated carbocycles. The molecule has 0 radical (unpaired) electrons. The highest BCUT2D eigenvalue weighted by molar-refractivity contribution is 6.16. The maximum atomic E-state index is 13.3. The lowest BCUT2D eigenvalue weighted by atomic mass is 9.85. The van der Waals surface area contributed by atoms with Crippen LogP contribution >= 0.6 is 0 Å². The minimum atomic E-state index is -0.294. The molecule has 0 saturated heterocycles. The van der Waals surface area contributed by atoms with Gasteiger partial charge in [0, 0.05) is 0 Å². The van der Waals surface area contributed by atoms with Crippen LogP contribution in [-0.4, -0.2) is 11.6 Å². The van der Waals surface area contributed by atoms with Crippen molar-refractivity contribution in [2.24, 2.45) is 11.8 Å². The van der Waals surface area contributed by atoms with Crippen molar-refractivity contribution >= 4 is 27.5 Å². The van der Waals surface area contributed by atoms with Gasteiger partial charge < -0.3 is 4.74 Å². The summed E-state index contributed by atoms with van der Waals surface area (Å²) in [6.45, 7) is 2.14. The third-order valence-electron chi connectivity index (χ3n) is 6.40. The monoisotopic (exact) mass is 330 g/mol. The highest BCUT2D eigenvalue weighted by atomic mass is 16.6. The summed E-state index contributed by atoms with van der Waals surface area (Å²) in [7, 11) is 0. The van der Waals surface area contributed by atoms with Crippen LogP contribution in [0.4, 0.5) is 0 Å². The standard InChI is InChI=1S/C23H22O2/c1-23(14-15-10-11-18(23)12-15)25-22(24)21-19-8-4-2-6-16(19)13-17-7-3-5-9-20(17)21/h2-9,13,15,18H,10-12,14H2,1H3. The third-order valence-corrected chi connectivity index (χ3v) is 6.40. The van der Waals surface area contributed by atoms with Crippen molar-refractivity contribution in [3.8, 4) is 0 Å². The van der Waals surface area contributed by atoms with E-state index in [0.717, 1.165) is 39.4 Å². The van der Waals surface area contributed by atoms with Crippen LogP contribution in [0.2, 0.25) is 0 Å². The topological polar surface area (TPSA) is 26.3 Å². The summed E-state index contributed by atoms with van der Waals surface area (Å²) in [5.74, 6) is 1.11. The number of benzene rings is 3. The van der Waals surface area contributed by atoms with Crippen LogP contribution in [0, 0.1) is 11.8 Å². The zero-order valence-electron chi connectivity index (χ0n) is 14.5. The van der Waals surface area contributed by atoms with E-state index in [2.05, 4.69) is 25.1 Å². The average molecular weight is 330 g/mol. The fourth-order valence-electron chi connectivity index (χ4n) is 5.18. The van der Waals surface area contributed by atoms with Gasteiger partial charge in [-0.1, -0.05) is 48.5 Å². The number of esters is 1. The number of ether oxygens (including phenoxy) is 1. The largest absolute Gasteiger partial charge is 0.455 e. The van der Waals surface area contributed by atoms with E-state index in [-0.39, 0.29) is 11.6 Å². The van der Waals surface area contributed by atoms with Gasteiger partial charge in [0.05, 0.1) is 5.56 Å². The van der Waals surface area contributed by atoms with Crippen LogP contribution in [0.3, 0.4) is 0 Å². The summed E-state index contributed by atoms with van der Waals surface area (Å²) < 4.78 is 6.20. The molecule has 2 bridgehead atoms. The smallest absolute Gasteiger partial charge is 0.339 e. The fraction of sp³-hybridized carbons (Fsp3) is 0.348. The van der Waals surface area contributed by atoms with E-state index in [1.165, 1.54) is 19.3 Å². The fourth-order valence-corrected chi connectivity index (χ4v) is 5.18. The summed E-state index contributed by atoms with van der Waals surface area (Å²) >= 11 is 0. The molecule has 3 unspecified atom stereocenters. The van der Waals surface area contributed by atoms with Crippen molar-refractivity contribution in [2.75, 3.05) is 0 Å². The Hall–Kier alpha value is -2.35. The van der Waals surface area contributed by atoms with Gasteiger partial charge in [-0.05, 0) is 72.1 Å². The molecule has 2 fully saturated rings. The van der Waals surface area contributed by atoms with Crippen LogP contribution in [-0.2, 0) is 4.74 Å². The van der Waals surface area contributed by atoms with Crippen molar-refractivity contribution in [1.82, 2.24) is 0 Å². The van der Waals surface area contributed by atoms with Crippen LogP contribution in [0.15, 0.2) is 54.6 Å². The molecule has 3 atom stereocenters. The molecule has 2 nitrogen and oxygen atoms in total. The zero-order valence-corrected chi connectivity index (χ0v) is 14.5. The molecular formula is C23H22O2. The van der Waals surface area contributed by atoms with E-state index >= 15 is 0 Å². The van der Waals surface area contributed by atoms with Crippen LogP contribution < -0.4 is 0 Å². The molecule has 3 aromatic rings. The van der Waals surface area contributed by atoms with Crippen molar-refractivity contribution in [3.05, 3.63) is 60.2 Å². The molecule has 0 aliphatic heterocycles. The van der Waals surface area contributed by atoms with Gasteiger partial charge in [0.2, 0.25) is 0 Å². The highest BCUT2D eigenvalue weighted by Gasteiger charge is 2.50. The Balaban J connectivity index is 1.64. The van der Waals surface area contributed by atoms with Crippen LogP contribution in [0.25, 0.3) is 21.5 Å². The van der Waals surface area contributed by atoms with Gasteiger partial charge in [-0.3, -0.25) is 0 Å². The van der Waals surface area contributed by atoms with Gasteiger partial charge in [-0.25, -0.2) is 4.79 Å². The average Bonchev–Trinajstić information content (AvgIpc) is 3.19. The molecule has 0 spiro atoms. The molecule has 0 heterocycles. The summed E-state index contributed by atoms with van der Waals surface area (Å²) in [6.07, 6.45) is 4.74. The van der Waals surface area contributed by atoms with Gasteiger partial charge >= 0.3 is 5.97 Å². The van der Waals surface area contributed by atoms with Gasteiger partial charge in [0.25, 0.3) is 0 Å². The Labute approximate surface area is 147 Å². The molecule has 25 heavy (non-hydrogen) atoms. The summed E-state index contributed by atoms with van der Waals surface area (Å²) in [5.41, 5.74) is 0.426. The summed E-state index contributed by atoms with van der Waals surface area (Å²) in [6, 6.07) is 18.4. The lowest BCUT2D eigenvalue weighted by molar-refractivity contribution is -0.0366. The molecule has 5 rings (SSSR count). The molecule has 0 aromatic heterocycles. The van der Waals surface area contributed by atoms with E-state index in [4.69, 9.17) is 4.74 Å². The minimum absolute atomic E-state index is 0.164.